The van der Waals surface area contributed by atoms with Crippen LogP contribution in [0, 0.1) is 10.1 Å². The first-order valence-corrected chi connectivity index (χ1v) is 6.10. The molecule has 104 valence electrons. The van der Waals surface area contributed by atoms with Crippen LogP contribution in [0.4, 0.5) is 4.48 Å². The molecule has 5 nitrogen and oxygen atoms in total. The van der Waals surface area contributed by atoms with E-state index in [0.29, 0.717) is 16.2 Å². The van der Waals surface area contributed by atoms with E-state index in [9.17, 15) is 14.6 Å². The summed E-state index contributed by atoms with van der Waals surface area (Å²) < 4.78 is 14.0. The lowest BCUT2D eigenvalue weighted by Gasteiger charge is -2.19. The number of halogens is 1. The maximum atomic E-state index is 14.0. The molecule has 0 aliphatic heterocycles. The highest BCUT2D eigenvalue weighted by molar-refractivity contribution is 5.15. The Balaban J connectivity index is 2.06. The molecular weight excluding hydrogens is 261 g/mol. The second kappa shape index (κ2) is 6.63. The summed E-state index contributed by atoms with van der Waals surface area (Å²) in [5.74, 6) is 0. The molecule has 0 aliphatic rings. The van der Waals surface area contributed by atoms with Crippen molar-refractivity contribution >= 4 is 0 Å². The van der Waals surface area contributed by atoms with Crippen LogP contribution < -0.4 is 0 Å². The van der Waals surface area contributed by atoms with E-state index in [1.165, 1.54) is 0 Å². The van der Waals surface area contributed by atoms with Gasteiger partial charge in [0.2, 0.25) is 0 Å². The topological polar surface area (TPSA) is 49.6 Å². The quantitative estimate of drug-likeness (QED) is 0.462. The molecule has 0 spiro atoms. The summed E-state index contributed by atoms with van der Waals surface area (Å²) >= 11 is 0. The summed E-state index contributed by atoms with van der Waals surface area (Å²) in [6.07, 6.45) is 0. The van der Waals surface area contributed by atoms with Gasteiger partial charge < -0.3 is 0 Å². The molecule has 0 fully saturated rings. The number of hydrogen-bond acceptors (Lipinski definition) is 3. The Bertz CT molecular complexity index is 551. The van der Waals surface area contributed by atoms with Crippen molar-refractivity contribution in [1.82, 2.24) is 10.3 Å². The predicted octanol–water partition coefficient (Wildman–Crippen LogP) is 2.98. The minimum Gasteiger partial charge on any atom is -0.233 e. The Morgan fingerprint density at radius 1 is 0.900 bits per heavy atom. The second-order valence-electron chi connectivity index (χ2n) is 4.23. The number of hydrogen-bond donors (Lipinski definition) is 0. The van der Waals surface area contributed by atoms with Crippen molar-refractivity contribution in [2.24, 2.45) is 0 Å². The number of nitrogens with zero attached hydrogens (tertiary/aromatic N) is 3. The summed E-state index contributed by atoms with van der Waals surface area (Å²) in [7, 11) is 0. The minimum atomic E-state index is -0.754. The summed E-state index contributed by atoms with van der Waals surface area (Å²) in [6.45, 7) is -0.300. The Morgan fingerprint density at radius 3 is 1.80 bits per heavy atom. The van der Waals surface area contributed by atoms with Crippen molar-refractivity contribution in [3.05, 3.63) is 81.9 Å². The summed E-state index contributed by atoms with van der Waals surface area (Å²) in [5.41, 5.74) is 1.33. The molecule has 0 bridgehead atoms. The SMILES string of the molecule is O=[N+]([O-])N(Cc1ccccc1)N(F)Cc1ccccc1. The van der Waals surface area contributed by atoms with Crippen LogP contribution in [0.3, 0.4) is 0 Å². The minimum absolute atomic E-state index is 0.113. The first-order valence-electron chi connectivity index (χ1n) is 6.10. The smallest absolute Gasteiger partial charge is 0.179 e. The molecule has 2 rings (SSSR count). The zero-order chi connectivity index (χ0) is 14.4. The highest BCUT2D eigenvalue weighted by atomic mass is 19.2. The maximum absolute atomic E-state index is 14.0. The highest BCUT2D eigenvalue weighted by Crippen LogP contribution is 2.12. The standard InChI is InChI=1S/C14H14FN3O2/c15-16(11-13-7-3-1-4-8-13)17(18(19)20)12-14-9-5-2-6-10-14/h1-10H,11-12H2. The molecule has 2 aromatic carbocycles. The van der Waals surface area contributed by atoms with Gasteiger partial charge in [-0.2, -0.15) is 0 Å². The molecule has 0 radical (unpaired) electrons. The molecule has 0 saturated heterocycles. The molecule has 0 atom stereocenters. The molecule has 20 heavy (non-hydrogen) atoms. The van der Waals surface area contributed by atoms with Gasteiger partial charge in [0, 0.05) is 5.23 Å². The zero-order valence-corrected chi connectivity index (χ0v) is 10.7. The maximum Gasteiger partial charge on any atom is 0.179 e. The first kappa shape index (κ1) is 14.0. The molecule has 0 saturated carbocycles. The summed E-state index contributed by atoms with van der Waals surface area (Å²) in [4.78, 5) is 11.0. The molecule has 0 aliphatic carbocycles. The lowest BCUT2D eigenvalue weighted by atomic mass is 10.2. The van der Waals surface area contributed by atoms with Crippen molar-refractivity contribution in [2.75, 3.05) is 0 Å². The van der Waals surface area contributed by atoms with E-state index in [1.807, 2.05) is 0 Å². The van der Waals surface area contributed by atoms with Gasteiger partial charge in [0.15, 0.2) is 5.03 Å². The van der Waals surface area contributed by atoms with Crippen LogP contribution in [-0.2, 0) is 13.1 Å². The molecule has 0 aromatic heterocycles. The lowest BCUT2D eigenvalue weighted by molar-refractivity contribution is -0.721. The van der Waals surface area contributed by atoms with Crippen LogP contribution >= 0.6 is 0 Å². The predicted molar refractivity (Wildman–Crippen MR) is 72.1 cm³/mol. The fourth-order valence-electron chi connectivity index (χ4n) is 1.78. The van der Waals surface area contributed by atoms with Crippen molar-refractivity contribution < 1.29 is 9.51 Å². The van der Waals surface area contributed by atoms with Gasteiger partial charge in [-0.15, -0.1) is 4.48 Å². The van der Waals surface area contributed by atoms with Gasteiger partial charge in [-0.3, -0.25) is 0 Å². The van der Waals surface area contributed by atoms with Crippen molar-refractivity contribution in [3.63, 3.8) is 0 Å². The monoisotopic (exact) mass is 275 g/mol. The van der Waals surface area contributed by atoms with Crippen LogP contribution in [0.2, 0.25) is 0 Å². The number of nitro groups is 1. The van der Waals surface area contributed by atoms with Crippen molar-refractivity contribution in [1.29, 1.82) is 0 Å². The van der Waals surface area contributed by atoms with Crippen LogP contribution in [0.5, 0.6) is 0 Å². The van der Waals surface area contributed by atoms with Crippen LogP contribution in [0.1, 0.15) is 11.1 Å². The third kappa shape index (κ3) is 3.76. The Kier molecular flexibility index (Phi) is 4.62. The average molecular weight is 275 g/mol. The number of benzene rings is 2. The van der Waals surface area contributed by atoms with Gasteiger partial charge in [0.25, 0.3) is 0 Å². The summed E-state index contributed by atoms with van der Waals surface area (Å²) in [6, 6.07) is 17.5. The third-order valence-corrected chi connectivity index (χ3v) is 2.76. The van der Waals surface area contributed by atoms with Gasteiger partial charge >= 0.3 is 0 Å². The number of rotatable bonds is 6. The Morgan fingerprint density at radius 2 is 1.35 bits per heavy atom. The van der Waals surface area contributed by atoms with Gasteiger partial charge in [-0.1, -0.05) is 60.7 Å². The number of hydrazine groups is 2. The van der Waals surface area contributed by atoms with Crippen molar-refractivity contribution in [2.45, 2.75) is 13.1 Å². The third-order valence-electron chi connectivity index (χ3n) is 2.76. The van der Waals surface area contributed by atoms with E-state index >= 15 is 0 Å². The van der Waals surface area contributed by atoms with Gasteiger partial charge in [-0.05, 0) is 16.2 Å². The van der Waals surface area contributed by atoms with Gasteiger partial charge in [0.05, 0.1) is 6.54 Å². The van der Waals surface area contributed by atoms with E-state index in [0.717, 1.165) is 0 Å². The highest BCUT2D eigenvalue weighted by Gasteiger charge is 2.24. The van der Waals surface area contributed by atoms with E-state index in [-0.39, 0.29) is 18.3 Å². The van der Waals surface area contributed by atoms with Crippen LogP contribution in [0.25, 0.3) is 0 Å². The summed E-state index contributed by atoms with van der Waals surface area (Å²) in [5, 5.41) is 10.8. The molecular formula is C14H14FN3O2. The van der Waals surface area contributed by atoms with Crippen LogP contribution in [0.15, 0.2) is 60.7 Å². The largest absolute Gasteiger partial charge is 0.233 e. The van der Waals surface area contributed by atoms with Crippen molar-refractivity contribution in [3.8, 4) is 0 Å². The zero-order valence-electron chi connectivity index (χ0n) is 10.7. The van der Waals surface area contributed by atoms with E-state index in [4.69, 9.17) is 0 Å². The Hall–Kier alpha value is -2.47. The molecule has 0 heterocycles. The second-order valence-corrected chi connectivity index (χ2v) is 4.23. The van der Waals surface area contributed by atoms with E-state index < -0.39 is 5.03 Å². The van der Waals surface area contributed by atoms with Crippen LogP contribution in [-0.4, -0.2) is 15.4 Å². The molecule has 0 N–H and O–H groups in total. The average Bonchev–Trinajstić information content (AvgIpc) is 2.46. The first-order chi connectivity index (χ1) is 9.66. The fourth-order valence-corrected chi connectivity index (χ4v) is 1.78. The lowest BCUT2D eigenvalue weighted by Crippen LogP contribution is -2.40. The van der Waals surface area contributed by atoms with Gasteiger partial charge in [0.1, 0.15) is 6.54 Å². The molecule has 2 aromatic rings. The fraction of sp³-hybridized carbons (Fsp3) is 0.143. The molecule has 6 heteroatoms. The Labute approximate surface area is 115 Å². The van der Waals surface area contributed by atoms with E-state index in [1.54, 1.807) is 60.7 Å². The normalized spacial score (nSPS) is 10.5. The van der Waals surface area contributed by atoms with E-state index in [2.05, 4.69) is 0 Å². The van der Waals surface area contributed by atoms with Gasteiger partial charge in [-0.25, -0.2) is 10.1 Å². The molecule has 0 unspecified atom stereocenters. The molecule has 0 amide bonds.